The molecule has 180 valence electrons. The summed E-state index contributed by atoms with van der Waals surface area (Å²) in [5.74, 6) is 0.579. The van der Waals surface area contributed by atoms with Gasteiger partial charge >= 0.3 is 0 Å². The molecule has 0 bridgehead atoms. The molecule has 0 unspecified atom stereocenters. The third-order valence-electron chi connectivity index (χ3n) is 6.53. The fourth-order valence-corrected chi connectivity index (χ4v) is 5.03. The second-order valence-corrected chi connectivity index (χ2v) is 9.20. The van der Waals surface area contributed by atoms with E-state index in [4.69, 9.17) is 21.3 Å². The molecule has 1 aliphatic rings. The van der Waals surface area contributed by atoms with Crippen LogP contribution >= 0.6 is 11.6 Å². The molecule has 1 fully saturated rings. The van der Waals surface area contributed by atoms with E-state index in [1.54, 1.807) is 0 Å². The third kappa shape index (κ3) is 5.27. The zero-order valence-electron chi connectivity index (χ0n) is 19.7. The summed E-state index contributed by atoms with van der Waals surface area (Å²) in [4.78, 5) is 9.69. The number of piperazine rings is 1. The van der Waals surface area contributed by atoms with Gasteiger partial charge in [0.1, 0.15) is 5.69 Å². The van der Waals surface area contributed by atoms with Crippen LogP contribution in [0, 0.1) is 0 Å². The fraction of sp³-hybridized carbons (Fsp3) is 0.276. The smallest absolute Gasteiger partial charge is 0.238 e. The van der Waals surface area contributed by atoms with Gasteiger partial charge in [0.05, 0.1) is 23.2 Å². The summed E-state index contributed by atoms with van der Waals surface area (Å²) in [6.45, 7) is 4.05. The first-order valence-electron chi connectivity index (χ1n) is 12.2. The van der Waals surface area contributed by atoms with Crippen LogP contribution in [0.4, 0.5) is 5.69 Å². The number of rotatable bonds is 8. The number of aromatic nitrogens is 1. The van der Waals surface area contributed by atoms with Crippen molar-refractivity contribution in [3.05, 3.63) is 101 Å². The van der Waals surface area contributed by atoms with Crippen molar-refractivity contribution in [3.63, 3.8) is 0 Å². The molecule has 5 nitrogen and oxygen atoms in total. The van der Waals surface area contributed by atoms with Crippen LogP contribution in [0.5, 0.6) is 5.88 Å². The van der Waals surface area contributed by atoms with Crippen molar-refractivity contribution in [2.45, 2.75) is 12.5 Å². The lowest BCUT2D eigenvalue weighted by atomic mass is 9.96. The molecule has 1 aromatic heterocycles. The van der Waals surface area contributed by atoms with Crippen LogP contribution in [0.25, 0.3) is 10.9 Å². The maximum Gasteiger partial charge on any atom is 0.238 e. The number of halogens is 1. The van der Waals surface area contributed by atoms with Gasteiger partial charge in [0.2, 0.25) is 5.88 Å². The molecule has 0 saturated carbocycles. The Labute approximate surface area is 211 Å². The lowest BCUT2D eigenvalue weighted by Crippen LogP contribution is -2.48. The zero-order chi connectivity index (χ0) is 24.0. The fourth-order valence-electron chi connectivity index (χ4n) is 4.81. The number of hydrogen-bond donors (Lipinski definition) is 1. The van der Waals surface area contributed by atoms with Gasteiger partial charge in [-0.3, -0.25) is 4.90 Å². The molecular formula is C29H30ClN3O2. The summed E-state index contributed by atoms with van der Waals surface area (Å²) in [7, 11) is 0. The van der Waals surface area contributed by atoms with E-state index in [1.165, 1.54) is 11.1 Å². The lowest BCUT2D eigenvalue weighted by molar-refractivity contribution is 0.210. The summed E-state index contributed by atoms with van der Waals surface area (Å²) in [6.07, 6.45) is 0.561. The van der Waals surface area contributed by atoms with Crippen LogP contribution in [0.2, 0.25) is 5.02 Å². The molecule has 35 heavy (non-hydrogen) atoms. The number of anilines is 1. The summed E-state index contributed by atoms with van der Waals surface area (Å²) < 4.78 is 6.02. The van der Waals surface area contributed by atoms with Crippen molar-refractivity contribution < 1.29 is 9.84 Å². The first-order valence-corrected chi connectivity index (χ1v) is 12.5. The van der Waals surface area contributed by atoms with E-state index in [9.17, 15) is 5.11 Å². The lowest BCUT2D eigenvalue weighted by Gasteiger charge is -2.41. The molecule has 1 aliphatic heterocycles. The summed E-state index contributed by atoms with van der Waals surface area (Å²) in [5, 5.41) is 10.8. The second-order valence-electron chi connectivity index (χ2n) is 8.80. The van der Waals surface area contributed by atoms with E-state index in [2.05, 4.69) is 76.5 Å². The van der Waals surface area contributed by atoms with Crippen LogP contribution in [-0.2, 0) is 0 Å². The number of aliphatic hydroxyl groups is 1. The minimum Gasteiger partial charge on any atom is -0.476 e. The topological polar surface area (TPSA) is 48.8 Å². The van der Waals surface area contributed by atoms with Crippen LogP contribution in [0.3, 0.4) is 0 Å². The Morgan fingerprint density at radius 2 is 1.51 bits per heavy atom. The quantitative estimate of drug-likeness (QED) is 0.330. The molecule has 0 amide bonds. The number of fused-ring (bicyclic) bond motifs is 1. The maximum atomic E-state index is 9.21. The maximum absolute atomic E-state index is 9.21. The Morgan fingerprint density at radius 3 is 2.14 bits per heavy atom. The molecule has 0 atom stereocenters. The van der Waals surface area contributed by atoms with Gasteiger partial charge in [0.25, 0.3) is 0 Å². The Hall–Kier alpha value is -3.12. The molecule has 5 rings (SSSR count). The summed E-state index contributed by atoms with van der Waals surface area (Å²) in [6, 6.07) is 29.6. The third-order valence-corrected chi connectivity index (χ3v) is 6.84. The number of ether oxygens (including phenoxy) is 1. The van der Waals surface area contributed by atoms with Gasteiger partial charge in [-0.1, -0.05) is 84.4 Å². The van der Waals surface area contributed by atoms with Gasteiger partial charge in [-0.25, -0.2) is 4.98 Å². The molecule has 4 aromatic rings. The normalized spacial score (nSPS) is 14.5. The minimum atomic E-state index is 0.0860. The standard InChI is InChI=1S/C29H30ClN3O2/c30-25-14-7-13-24-21-26(29(31-27(24)25)35-20-8-19-34)32-15-17-33(18-16-32)28(22-9-3-1-4-10-22)23-11-5-2-6-12-23/h1-7,9-14,21,28,34H,8,15-20H2. The minimum absolute atomic E-state index is 0.0860. The number of para-hydroxylation sites is 1. The van der Waals surface area contributed by atoms with Gasteiger partial charge in [-0.05, 0) is 23.3 Å². The van der Waals surface area contributed by atoms with Crippen molar-refractivity contribution in [3.8, 4) is 5.88 Å². The average molecular weight is 488 g/mol. The van der Waals surface area contributed by atoms with E-state index >= 15 is 0 Å². The molecule has 1 N–H and O–H groups in total. The highest BCUT2D eigenvalue weighted by Gasteiger charge is 2.28. The summed E-state index contributed by atoms with van der Waals surface area (Å²) in [5.41, 5.74) is 4.33. The van der Waals surface area contributed by atoms with Crippen LogP contribution in [-0.4, -0.2) is 54.4 Å². The Kier molecular flexibility index (Phi) is 7.48. The first-order chi connectivity index (χ1) is 17.2. The van der Waals surface area contributed by atoms with Crippen LogP contribution in [0.1, 0.15) is 23.6 Å². The predicted molar refractivity (Wildman–Crippen MR) is 142 cm³/mol. The van der Waals surface area contributed by atoms with Crippen molar-refractivity contribution >= 4 is 28.2 Å². The molecule has 0 spiro atoms. The van der Waals surface area contributed by atoms with E-state index in [0.29, 0.717) is 23.9 Å². The molecule has 0 radical (unpaired) electrons. The second kappa shape index (κ2) is 11.1. The highest BCUT2D eigenvalue weighted by Crippen LogP contribution is 2.35. The van der Waals surface area contributed by atoms with Crippen molar-refractivity contribution in [2.75, 3.05) is 44.3 Å². The van der Waals surface area contributed by atoms with Crippen molar-refractivity contribution in [2.24, 2.45) is 0 Å². The Morgan fingerprint density at radius 1 is 0.857 bits per heavy atom. The number of nitrogens with zero attached hydrogens (tertiary/aromatic N) is 3. The van der Waals surface area contributed by atoms with E-state index in [0.717, 1.165) is 42.8 Å². The Bertz CT molecular complexity index is 1210. The summed E-state index contributed by atoms with van der Waals surface area (Å²) >= 11 is 6.42. The van der Waals surface area contributed by atoms with Crippen molar-refractivity contribution in [1.82, 2.24) is 9.88 Å². The predicted octanol–water partition coefficient (Wildman–Crippen LogP) is 5.56. The molecule has 3 aromatic carbocycles. The van der Waals surface area contributed by atoms with Crippen molar-refractivity contribution in [1.29, 1.82) is 0 Å². The van der Waals surface area contributed by atoms with Gasteiger partial charge in [-0.15, -0.1) is 0 Å². The number of pyridine rings is 1. The highest BCUT2D eigenvalue weighted by atomic mass is 35.5. The number of hydrogen-bond acceptors (Lipinski definition) is 5. The largest absolute Gasteiger partial charge is 0.476 e. The molecule has 1 saturated heterocycles. The zero-order valence-corrected chi connectivity index (χ0v) is 20.4. The first kappa shape index (κ1) is 23.6. The van der Waals surface area contributed by atoms with Gasteiger partial charge in [-0.2, -0.15) is 0 Å². The molecule has 0 aliphatic carbocycles. The Balaban J connectivity index is 1.41. The monoisotopic (exact) mass is 487 g/mol. The highest BCUT2D eigenvalue weighted by molar-refractivity contribution is 6.35. The van der Waals surface area contributed by atoms with Gasteiger partial charge in [0, 0.05) is 44.6 Å². The molecule has 2 heterocycles. The van der Waals surface area contributed by atoms with Crippen LogP contribution in [0.15, 0.2) is 84.9 Å². The van der Waals surface area contributed by atoms with E-state index in [1.807, 2.05) is 18.2 Å². The SMILES string of the molecule is OCCCOc1nc2c(Cl)cccc2cc1N1CCN(C(c2ccccc2)c2ccccc2)CC1. The van der Waals surface area contributed by atoms with Crippen LogP contribution < -0.4 is 9.64 Å². The van der Waals surface area contributed by atoms with Gasteiger partial charge in [0.15, 0.2) is 0 Å². The molecule has 6 heteroatoms. The van der Waals surface area contributed by atoms with E-state index in [-0.39, 0.29) is 12.6 Å². The molecular weight excluding hydrogens is 458 g/mol. The van der Waals surface area contributed by atoms with Gasteiger partial charge < -0.3 is 14.7 Å². The average Bonchev–Trinajstić information content (AvgIpc) is 2.91. The van der Waals surface area contributed by atoms with E-state index < -0.39 is 0 Å². The number of benzene rings is 3. The number of aliphatic hydroxyl groups excluding tert-OH is 1.